The van der Waals surface area contributed by atoms with Crippen LogP contribution in [0.4, 0.5) is 0 Å². The minimum Gasteiger partial charge on any atom is -0.451 e. The molecule has 0 aromatic carbocycles. The SMILES string of the molecule is C[C@@H]1[C@@H](C)CCC[C@H]1NC(=O)COC(=O)c1cc(=O)[nH]c(=O)[nH]1. The lowest BCUT2D eigenvalue weighted by Gasteiger charge is -2.34. The standard InChI is InChI=1S/C15H21N3O5/c1-8-4-3-5-10(9(8)2)16-13(20)7-23-14(21)11-6-12(19)18-15(22)17-11/h6,8-10H,3-5,7H2,1-2H3,(H,16,20)(H2,17,18,19,22)/t8-,9+,10+/m0/s1. The molecule has 0 aliphatic heterocycles. The second-order valence-electron chi connectivity index (χ2n) is 6.02. The summed E-state index contributed by atoms with van der Waals surface area (Å²) in [5.74, 6) is -0.407. The quantitative estimate of drug-likeness (QED) is 0.682. The van der Waals surface area contributed by atoms with E-state index < -0.39 is 29.7 Å². The molecule has 0 bridgehead atoms. The maximum Gasteiger partial charge on any atom is 0.355 e. The van der Waals surface area contributed by atoms with E-state index in [2.05, 4.69) is 24.1 Å². The molecule has 1 aliphatic rings. The van der Waals surface area contributed by atoms with Gasteiger partial charge in [0.2, 0.25) is 0 Å². The van der Waals surface area contributed by atoms with Gasteiger partial charge in [0.15, 0.2) is 6.61 Å². The number of H-pyrrole nitrogens is 2. The first-order valence-corrected chi connectivity index (χ1v) is 7.67. The van der Waals surface area contributed by atoms with Gasteiger partial charge in [0.1, 0.15) is 5.69 Å². The summed E-state index contributed by atoms with van der Waals surface area (Å²) in [5, 5.41) is 2.87. The Labute approximate surface area is 132 Å². The molecule has 1 amide bonds. The van der Waals surface area contributed by atoms with Crippen molar-refractivity contribution in [3.8, 4) is 0 Å². The van der Waals surface area contributed by atoms with Gasteiger partial charge in [-0.1, -0.05) is 26.7 Å². The van der Waals surface area contributed by atoms with E-state index in [1.54, 1.807) is 0 Å². The lowest BCUT2D eigenvalue weighted by Crippen LogP contribution is -2.45. The molecule has 1 fully saturated rings. The van der Waals surface area contributed by atoms with E-state index in [0.29, 0.717) is 11.8 Å². The molecule has 23 heavy (non-hydrogen) atoms. The average Bonchev–Trinajstić information content (AvgIpc) is 2.48. The highest BCUT2D eigenvalue weighted by molar-refractivity contribution is 5.89. The van der Waals surface area contributed by atoms with Gasteiger partial charge >= 0.3 is 11.7 Å². The highest BCUT2D eigenvalue weighted by Crippen LogP contribution is 2.29. The van der Waals surface area contributed by atoms with Crippen molar-refractivity contribution in [3.63, 3.8) is 0 Å². The fourth-order valence-electron chi connectivity index (χ4n) is 2.82. The van der Waals surface area contributed by atoms with Crippen LogP contribution < -0.4 is 16.6 Å². The molecule has 1 aromatic heterocycles. The molecule has 8 heteroatoms. The van der Waals surface area contributed by atoms with Crippen LogP contribution in [0, 0.1) is 11.8 Å². The van der Waals surface area contributed by atoms with Gasteiger partial charge in [-0.15, -0.1) is 0 Å². The van der Waals surface area contributed by atoms with E-state index in [1.165, 1.54) is 0 Å². The number of ether oxygens (including phenoxy) is 1. The minimum absolute atomic E-state index is 0.0735. The molecule has 3 N–H and O–H groups in total. The molecule has 0 radical (unpaired) electrons. The molecule has 0 unspecified atom stereocenters. The van der Waals surface area contributed by atoms with Gasteiger partial charge < -0.3 is 15.0 Å². The van der Waals surface area contributed by atoms with Crippen molar-refractivity contribution < 1.29 is 14.3 Å². The van der Waals surface area contributed by atoms with Crippen molar-refractivity contribution in [1.29, 1.82) is 0 Å². The predicted octanol–water partition coefficient (Wildman–Crippen LogP) is 0.161. The Hall–Kier alpha value is -2.38. The molecule has 126 valence electrons. The van der Waals surface area contributed by atoms with Crippen LogP contribution >= 0.6 is 0 Å². The molecule has 1 heterocycles. The van der Waals surface area contributed by atoms with E-state index in [1.807, 2.05) is 4.98 Å². The number of rotatable bonds is 4. The molecule has 1 aliphatic carbocycles. The summed E-state index contributed by atoms with van der Waals surface area (Å²) >= 11 is 0. The van der Waals surface area contributed by atoms with Gasteiger partial charge in [-0.05, 0) is 18.3 Å². The Morgan fingerprint density at radius 2 is 2.00 bits per heavy atom. The first-order valence-electron chi connectivity index (χ1n) is 7.67. The van der Waals surface area contributed by atoms with Crippen molar-refractivity contribution in [3.05, 3.63) is 32.6 Å². The largest absolute Gasteiger partial charge is 0.451 e. The number of esters is 1. The van der Waals surface area contributed by atoms with E-state index in [9.17, 15) is 19.2 Å². The van der Waals surface area contributed by atoms with Crippen LogP contribution in [0.15, 0.2) is 15.7 Å². The smallest absolute Gasteiger partial charge is 0.355 e. The van der Waals surface area contributed by atoms with Gasteiger partial charge in [0.25, 0.3) is 11.5 Å². The molecule has 2 rings (SSSR count). The van der Waals surface area contributed by atoms with Gasteiger partial charge in [0.05, 0.1) is 0 Å². The van der Waals surface area contributed by atoms with Crippen molar-refractivity contribution in [2.45, 2.75) is 39.2 Å². The molecule has 1 saturated carbocycles. The van der Waals surface area contributed by atoms with Gasteiger partial charge in [-0.2, -0.15) is 0 Å². The fraction of sp³-hybridized carbons (Fsp3) is 0.600. The second-order valence-corrected chi connectivity index (χ2v) is 6.02. The fourth-order valence-corrected chi connectivity index (χ4v) is 2.82. The van der Waals surface area contributed by atoms with Gasteiger partial charge in [-0.25, -0.2) is 9.59 Å². The number of aromatic amines is 2. The zero-order valence-electron chi connectivity index (χ0n) is 13.2. The number of carbonyl (C=O) groups is 2. The Kier molecular flexibility index (Phi) is 5.36. The normalized spacial score (nSPS) is 24.0. The molecule has 3 atom stereocenters. The van der Waals surface area contributed by atoms with E-state index >= 15 is 0 Å². The Morgan fingerprint density at radius 1 is 1.26 bits per heavy atom. The third kappa shape index (κ3) is 4.54. The van der Waals surface area contributed by atoms with Crippen LogP contribution in [-0.4, -0.2) is 34.5 Å². The predicted molar refractivity (Wildman–Crippen MR) is 82.1 cm³/mol. The summed E-state index contributed by atoms with van der Waals surface area (Å²) in [7, 11) is 0. The number of carbonyl (C=O) groups excluding carboxylic acids is 2. The lowest BCUT2D eigenvalue weighted by atomic mass is 9.78. The lowest BCUT2D eigenvalue weighted by molar-refractivity contribution is -0.125. The van der Waals surface area contributed by atoms with E-state index in [4.69, 9.17) is 4.74 Å². The summed E-state index contributed by atoms with van der Waals surface area (Å²) < 4.78 is 4.83. The van der Waals surface area contributed by atoms with Crippen LogP contribution in [0.1, 0.15) is 43.6 Å². The molecule has 0 spiro atoms. The highest BCUT2D eigenvalue weighted by atomic mass is 16.5. The first kappa shape index (κ1) is 17.0. The van der Waals surface area contributed by atoms with Crippen molar-refractivity contribution in [2.75, 3.05) is 6.61 Å². The van der Waals surface area contributed by atoms with E-state index in [0.717, 1.165) is 25.3 Å². The number of nitrogens with one attached hydrogen (secondary N) is 3. The number of hydrogen-bond acceptors (Lipinski definition) is 5. The maximum atomic E-state index is 11.9. The third-order valence-corrected chi connectivity index (χ3v) is 4.37. The summed E-state index contributed by atoms with van der Waals surface area (Å²) in [4.78, 5) is 49.9. The van der Waals surface area contributed by atoms with Gasteiger partial charge in [0, 0.05) is 12.1 Å². The second kappa shape index (κ2) is 7.26. The molecule has 1 aromatic rings. The summed E-state index contributed by atoms with van der Waals surface area (Å²) in [6.45, 7) is 3.80. The zero-order valence-corrected chi connectivity index (χ0v) is 13.2. The Morgan fingerprint density at radius 3 is 2.70 bits per heavy atom. The van der Waals surface area contributed by atoms with Crippen molar-refractivity contribution >= 4 is 11.9 Å². The topological polar surface area (TPSA) is 121 Å². The van der Waals surface area contributed by atoms with Crippen LogP contribution in [0.25, 0.3) is 0 Å². The van der Waals surface area contributed by atoms with Crippen LogP contribution in [0.3, 0.4) is 0 Å². The van der Waals surface area contributed by atoms with E-state index in [-0.39, 0.29) is 11.7 Å². The summed E-state index contributed by atoms with van der Waals surface area (Å²) in [6.07, 6.45) is 3.12. The zero-order chi connectivity index (χ0) is 17.0. The minimum atomic E-state index is -0.923. The molecule has 8 nitrogen and oxygen atoms in total. The van der Waals surface area contributed by atoms with Crippen molar-refractivity contribution in [1.82, 2.24) is 15.3 Å². The highest BCUT2D eigenvalue weighted by Gasteiger charge is 2.28. The Balaban J connectivity index is 1.87. The number of hydrogen-bond donors (Lipinski definition) is 3. The molecular formula is C15H21N3O5. The van der Waals surface area contributed by atoms with Crippen LogP contribution in [0.5, 0.6) is 0 Å². The van der Waals surface area contributed by atoms with Crippen LogP contribution in [0.2, 0.25) is 0 Å². The first-order chi connectivity index (χ1) is 10.9. The van der Waals surface area contributed by atoms with Crippen LogP contribution in [-0.2, 0) is 9.53 Å². The van der Waals surface area contributed by atoms with Crippen molar-refractivity contribution in [2.24, 2.45) is 11.8 Å². The van der Waals surface area contributed by atoms with Gasteiger partial charge in [-0.3, -0.25) is 14.6 Å². The Bertz CT molecular complexity index is 665. The molecular weight excluding hydrogens is 302 g/mol. The third-order valence-electron chi connectivity index (χ3n) is 4.37. The summed E-state index contributed by atoms with van der Waals surface area (Å²) in [6, 6.07) is 0.983. The number of aromatic nitrogens is 2. The molecule has 0 saturated heterocycles. The summed E-state index contributed by atoms with van der Waals surface area (Å²) in [5.41, 5.74) is -1.81. The average molecular weight is 323 g/mol. The maximum absolute atomic E-state index is 11.9. The number of amides is 1. The monoisotopic (exact) mass is 323 g/mol.